The Morgan fingerprint density at radius 3 is 2.80 bits per heavy atom. The molecule has 1 aromatic carbocycles. The first-order valence-electron chi connectivity index (χ1n) is 5.70. The molecular weight excluding hydrogens is 272 g/mol. The zero-order chi connectivity index (χ0) is 14.7. The topological polar surface area (TPSA) is 96.7 Å². The van der Waals surface area contributed by atoms with Crippen molar-refractivity contribution in [2.45, 2.75) is 19.5 Å². The molecule has 106 valence electrons. The molecule has 2 rings (SSSR count). The highest BCUT2D eigenvalue weighted by Gasteiger charge is 2.19. The number of nitrogens with zero attached hydrogens (tertiary/aromatic N) is 3. The van der Waals surface area contributed by atoms with Gasteiger partial charge in [-0.2, -0.15) is 9.49 Å². The van der Waals surface area contributed by atoms with E-state index in [1.165, 1.54) is 6.33 Å². The molecule has 0 radical (unpaired) electrons. The molecule has 0 spiro atoms. The maximum absolute atomic E-state index is 13.5. The van der Waals surface area contributed by atoms with Gasteiger partial charge in [0.25, 0.3) is 0 Å². The molecule has 2 N–H and O–H groups in total. The molecule has 2 aromatic rings. The van der Waals surface area contributed by atoms with Crippen LogP contribution in [0.1, 0.15) is 24.4 Å². The molecule has 0 aliphatic carbocycles. The number of hydrogen-bond donors (Lipinski definition) is 2. The van der Waals surface area contributed by atoms with Crippen molar-refractivity contribution in [3.05, 3.63) is 51.6 Å². The summed E-state index contributed by atoms with van der Waals surface area (Å²) in [5.41, 5.74) is -0.750. The summed E-state index contributed by atoms with van der Waals surface area (Å²) in [5, 5.41) is 19.8. The highest BCUT2D eigenvalue weighted by molar-refractivity contribution is 5.37. The standard InChI is InChI=1S/C11H11F2N5O2/c1-6(11-15-5-16-17-11)14-4-7-2-10(18(19)20)9(13)3-8(7)12/h2-3,5-6,14H,4H2,1H3,(H,15,16,17). The van der Waals surface area contributed by atoms with Crippen LogP contribution in [0.4, 0.5) is 14.5 Å². The van der Waals surface area contributed by atoms with Gasteiger partial charge in [-0.25, -0.2) is 9.37 Å². The van der Waals surface area contributed by atoms with Gasteiger partial charge in [0.05, 0.1) is 11.0 Å². The zero-order valence-electron chi connectivity index (χ0n) is 10.4. The monoisotopic (exact) mass is 283 g/mol. The maximum atomic E-state index is 13.5. The van der Waals surface area contributed by atoms with Crippen LogP contribution in [0.15, 0.2) is 18.5 Å². The number of nitro benzene ring substituents is 1. The molecule has 0 fully saturated rings. The number of halogens is 2. The summed E-state index contributed by atoms with van der Waals surface area (Å²) in [7, 11) is 0. The number of aromatic nitrogens is 3. The molecule has 20 heavy (non-hydrogen) atoms. The summed E-state index contributed by atoms with van der Waals surface area (Å²) >= 11 is 0. The van der Waals surface area contributed by atoms with Crippen LogP contribution in [0.25, 0.3) is 0 Å². The molecule has 7 nitrogen and oxygen atoms in total. The van der Waals surface area contributed by atoms with Gasteiger partial charge in [0, 0.05) is 24.2 Å². The van der Waals surface area contributed by atoms with Gasteiger partial charge in [0.2, 0.25) is 5.82 Å². The summed E-state index contributed by atoms with van der Waals surface area (Å²) in [6.45, 7) is 1.76. The summed E-state index contributed by atoms with van der Waals surface area (Å²) in [6, 6.07) is 1.12. The number of hydrogen-bond acceptors (Lipinski definition) is 5. The smallest absolute Gasteiger partial charge is 0.303 e. The van der Waals surface area contributed by atoms with Crippen molar-refractivity contribution in [2.75, 3.05) is 0 Å². The third-order valence-electron chi connectivity index (χ3n) is 2.76. The minimum atomic E-state index is -1.19. The van der Waals surface area contributed by atoms with Gasteiger partial charge in [-0.3, -0.25) is 15.2 Å². The summed E-state index contributed by atoms with van der Waals surface area (Å²) < 4.78 is 26.7. The van der Waals surface area contributed by atoms with E-state index in [-0.39, 0.29) is 18.2 Å². The first-order valence-corrected chi connectivity index (χ1v) is 5.70. The van der Waals surface area contributed by atoms with Crippen LogP contribution < -0.4 is 5.32 Å². The Hall–Kier alpha value is -2.42. The highest BCUT2D eigenvalue weighted by Crippen LogP contribution is 2.22. The van der Waals surface area contributed by atoms with E-state index in [2.05, 4.69) is 20.5 Å². The Labute approximate surface area is 112 Å². The second-order valence-corrected chi connectivity index (χ2v) is 4.13. The van der Waals surface area contributed by atoms with E-state index < -0.39 is 22.2 Å². The van der Waals surface area contributed by atoms with Gasteiger partial charge in [-0.05, 0) is 6.92 Å². The van der Waals surface area contributed by atoms with E-state index in [9.17, 15) is 18.9 Å². The number of benzene rings is 1. The van der Waals surface area contributed by atoms with Gasteiger partial charge in [0.15, 0.2) is 0 Å². The Balaban J connectivity index is 2.13. The Kier molecular flexibility index (Phi) is 3.99. The van der Waals surface area contributed by atoms with Crippen molar-refractivity contribution >= 4 is 5.69 Å². The van der Waals surface area contributed by atoms with Crippen molar-refractivity contribution in [1.82, 2.24) is 20.5 Å². The van der Waals surface area contributed by atoms with Gasteiger partial charge >= 0.3 is 5.69 Å². The van der Waals surface area contributed by atoms with E-state index in [0.717, 1.165) is 6.07 Å². The molecule has 0 bridgehead atoms. The van der Waals surface area contributed by atoms with Crippen LogP contribution in [0.2, 0.25) is 0 Å². The zero-order valence-corrected chi connectivity index (χ0v) is 10.4. The van der Waals surface area contributed by atoms with Crippen LogP contribution >= 0.6 is 0 Å². The predicted octanol–water partition coefficient (Wildman–Crippen LogP) is 1.84. The average Bonchev–Trinajstić information content (AvgIpc) is 2.90. The summed E-state index contributed by atoms with van der Waals surface area (Å²) in [6.07, 6.45) is 1.33. The van der Waals surface area contributed by atoms with Crippen molar-refractivity contribution in [3.8, 4) is 0 Å². The normalized spacial score (nSPS) is 12.3. The van der Waals surface area contributed by atoms with Crippen LogP contribution in [-0.4, -0.2) is 20.1 Å². The van der Waals surface area contributed by atoms with Crippen LogP contribution in [0.5, 0.6) is 0 Å². The van der Waals surface area contributed by atoms with Gasteiger partial charge in [-0.1, -0.05) is 0 Å². The van der Waals surface area contributed by atoms with E-state index in [4.69, 9.17) is 0 Å². The largest absolute Gasteiger partial charge is 0.305 e. The predicted molar refractivity (Wildman–Crippen MR) is 64.6 cm³/mol. The van der Waals surface area contributed by atoms with Crippen molar-refractivity contribution in [3.63, 3.8) is 0 Å². The SMILES string of the molecule is CC(NCc1cc([N+](=O)[O-])c(F)cc1F)c1ncn[nH]1. The molecule has 1 unspecified atom stereocenters. The number of rotatable bonds is 5. The molecule has 0 aliphatic heterocycles. The van der Waals surface area contributed by atoms with E-state index >= 15 is 0 Å². The molecule has 0 aliphatic rings. The number of nitro groups is 1. The van der Waals surface area contributed by atoms with Gasteiger partial charge in [0.1, 0.15) is 18.0 Å². The molecule has 0 amide bonds. The van der Waals surface area contributed by atoms with E-state index in [1.54, 1.807) is 6.92 Å². The molecule has 1 heterocycles. The minimum Gasteiger partial charge on any atom is -0.303 e. The molecule has 1 atom stereocenters. The Morgan fingerprint density at radius 2 is 2.20 bits per heavy atom. The molecule has 9 heteroatoms. The fourth-order valence-electron chi connectivity index (χ4n) is 1.64. The van der Waals surface area contributed by atoms with Crippen molar-refractivity contribution in [2.24, 2.45) is 0 Å². The van der Waals surface area contributed by atoms with Crippen LogP contribution in [0, 0.1) is 21.7 Å². The fraction of sp³-hybridized carbons (Fsp3) is 0.273. The number of H-pyrrole nitrogens is 1. The lowest BCUT2D eigenvalue weighted by Crippen LogP contribution is -2.20. The van der Waals surface area contributed by atoms with Crippen molar-refractivity contribution in [1.29, 1.82) is 0 Å². The first-order chi connectivity index (χ1) is 9.49. The second kappa shape index (κ2) is 5.70. The molecule has 0 saturated carbocycles. The molecule has 0 saturated heterocycles. The molecule has 1 aromatic heterocycles. The maximum Gasteiger partial charge on any atom is 0.305 e. The fourth-order valence-corrected chi connectivity index (χ4v) is 1.64. The van der Waals surface area contributed by atoms with Crippen LogP contribution in [0.3, 0.4) is 0 Å². The average molecular weight is 283 g/mol. The summed E-state index contributed by atoms with van der Waals surface area (Å²) in [4.78, 5) is 13.6. The quantitative estimate of drug-likeness (QED) is 0.644. The lowest BCUT2D eigenvalue weighted by Gasteiger charge is -2.11. The van der Waals surface area contributed by atoms with Gasteiger partial charge in [-0.15, -0.1) is 0 Å². The lowest BCUT2D eigenvalue weighted by atomic mass is 10.1. The van der Waals surface area contributed by atoms with E-state index in [0.29, 0.717) is 11.9 Å². The minimum absolute atomic E-state index is 0.00413. The lowest BCUT2D eigenvalue weighted by molar-refractivity contribution is -0.387. The van der Waals surface area contributed by atoms with E-state index in [1.807, 2.05) is 0 Å². The van der Waals surface area contributed by atoms with Crippen LogP contribution in [-0.2, 0) is 6.54 Å². The summed E-state index contributed by atoms with van der Waals surface area (Å²) in [5.74, 6) is -1.49. The molecular formula is C11H11F2N5O2. The third-order valence-corrected chi connectivity index (χ3v) is 2.76. The Bertz CT molecular complexity index is 618. The highest BCUT2D eigenvalue weighted by atomic mass is 19.1. The second-order valence-electron chi connectivity index (χ2n) is 4.13. The third kappa shape index (κ3) is 2.94. The number of aromatic amines is 1. The first kappa shape index (κ1) is 14.0. The Morgan fingerprint density at radius 1 is 1.45 bits per heavy atom. The van der Waals surface area contributed by atoms with Gasteiger partial charge < -0.3 is 5.32 Å². The van der Waals surface area contributed by atoms with Crippen molar-refractivity contribution < 1.29 is 13.7 Å². The number of nitrogens with one attached hydrogen (secondary N) is 2.